The molecule has 0 aliphatic heterocycles. The lowest BCUT2D eigenvalue weighted by atomic mass is 10.0. The van der Waals surface area contributed by atoms with Gasteiger partial charge in [-0.15, -0.1) is 0 Å². The highest BCUT2D eigenvalue weighted by atomic mass is 32.2. The average molecular weight is 381 g/mol. The Morgan fingerprint density at radius 2 is 1.67 bits per heavy atom. The van der Waals surface area contributed by atoms with Gasteiger partial charge in [-0.1, -0.05) is 42.5 Å². The van der Waals surface area contributed by atoms with Crippen molar-refractivity contribution in [3.8, 4) is 0 Å². The standard InChI is InChI=1S/C20H16FN3O2S/c21-17-8-10-18(11-9-17)27(25,26)23-20-12-13-24(22-20)14-16-6-3-5-15-4-1-2-7-19(15)16/h1-13H,14H2,(H,22,23). The Morgan fingerprint density at radius 1 is 0.926 bits per heavy atom. The molecule has 27 heavy (non-hydrogen) atoms. The van der Waals surface area contributed by atoms with E-state index >= 15 is 0 Å². The fraction of sp³-hybridized carbons (Fsp3) is 0.0500. The zero-order valence-corrected chi connectivity index (χ0v) is 15.0. The van der Waals surface area contributed by atoms with Crippen LogP contribution in [-0.2, 0) is 16.6 Å². The van der Waals surface area contributed by atoms with Gasteiger partial charge in [0.15, 0.2) is 5.82 Å². The van der Waals surface area contributed by atoms with Crippen LogP contribution in [0, 0.1) is 5.82 Å². The SMILES string of the molecule is O=S(=O)(Nc1ccn(Cc2cccc3ccccc23)n1)c1ccc(F)cc1. The van der Waals surface area contributed by atoms with E-state index in [1.807, 2.05) is 42.5 Å². The minimum absolute atomic E-state index is 0.0208. The highest BCUT2D eigenvalue weighted by Gasteiger charge is 2.15. The quantitative estimate of drug-likeness (QED) is 0.568. The molecule has 0 aliphatic rings. The molecule has 0 aliphatic carbocycles. The molecule has 4 rings (SSSR count). The lowest BCUT2D eigenvalue weighted by molar-refractivity contribution is 0.599. The van der Waals surface area contributed by atoms with Crippen molar-refractivity contribution in [1.29, 1.82) is 0 Å². The first kappa shape index (κ1) is 17.2. The number of fused-ring (bicyclic) bond motifs is 1. The number of halogens is 1. The van der Waals surface area contributed by atoms with Crippen molar-refractivity contribution >= 4 is 26.6 Å². The van der Waals surface area contributed by atoms with E-state index in [-0.39, 0.29) is 10.7 Å². The van der Waals surface area contributed by atoms with Gasteiger partial charge in [-0.2, -0.15) is 5.10 Å². The molecule has 1 N–H and O–H groups in total. The molecule has 1 heterocycles. The molecule has 0 unspecified atom stereocenters. The van der Waals surface area contributed by atoms with Gasteiger partial charge in [-0.05, 0) is 40.6 Å². The molecule has 5 nitrogen and oxygen atoms in total. The maximum absolute atomic E-state index is 13.0. The lowest BCUT2D eigenvalue weighted by Crippen LogP contribution is -2.13. The zero-order valence-electron chi connectivity index (χ0n) is 14.2. The Morgan fingerprint density at radius 3 is 2.48 bits per heavy atom. The molecule has 4 aromatic rings. The molecule has 1 aromatic heterocycles. The molecular weight excluding hydrogens is 365 g/mol. The van der Waals surface area contributed by atoms with Gasteiger partial charge in [0.2, 0.25) is 0 Å². The number of aromatic nitrogens is 2. The Bertz CT molecular complexity index is 1200. The average Bonchev–Trinajstić information content (AvgIpc) is 3.08. The highest BCUT2D eigenvalue weighted by molar-refractivity contribution is 7.92. The maximum atomic E-state index is 13.0. The van der Waals surface area contributed by atoms with Gasteiger partial charge in [-0.3, -0.25) is 9.40 Å². The molecule has 0 fully saturated rings. The minimum atomic E-state index is -3.82. The molecule has 7 heteroatoms. The smallest absolute Gasteiger partial charge is 0.263 e. The van der Waals surface area contributed by atoms with E-state index in [0.29, 0.717) is 6.54 Å². The molecule has 0 bridgehead atoms. The highest BCUT2D eigenvalue weighted by Crippen LogP contribution is 2.20. The summed E-state index contributed by atoms with van der Waals surface area (Å²) in [6, 6.07) is 20.3. The predicted octanol–water partition coefficient (Wildman–Crippen LogP) is 4.02. The fourth-order valence-electron chi connectivity index (χ4n) is 2.92. The number of nitrogens with zero attached hydrogens (tertiary/aromatic N) is 2. The number of hydrogen-bond acceptors (Lipinski definition) is 3. The molecule has 3 aromatic carbocycles. The number of anilines is 1. The number of sulfonamides is 1. The van der Waals surface area contributed by atoms with E-state index in [0.717, 1.165) is 28.5 Å². The summed E-state index contributed by atoms with van der Waals surface area (Å²) in [6.07, 6.45) is 1.71. The van der Waals surface area contributed by atoms with Crippen LogP contribution in [0.3, 0.4) is 0 Å². The molecule has 0 radical (unpaired) electrons. The van der Waals surface area contributed by atoms with Gasteiger partial charge in [-0.25, -0.2) is 12.8 Å². The summed E-state index contributed by atoms with van der Waals surface area (Å²) in [5.41, 5.74) is 1.09. The normalized spacial score (nSPS) is 11.6. The van der Waals surface area contributed by atoms with Crippen molar-refractivity contribution in [3.05, 3.63) is 90.4 Å². The largest absolute Gasteiger partial charge is 0.266 e. The summed E-state index contributed by atoms with van der Waals surface area (Å²) in [5, 5.41) is 6.56. The fourth-order valence-corrected chi connectivity index (χ4v) is 3.92. The number of benzene rings is 3. The number of nitrogens with one attached hydrogen (secondary N) is 1. The third kappa shape index (κ3) is 3.68. The van der Waals surface area contributed by atoms with Gasteiger partial charge in [0.1, 0.15) is 5.82 Å². The van der Waals surface area contributed by atoms with Crippen LogP contribution in [0.4, 0.5) is 10.2 Å². The summed E-state index contributed by atoms with van der Waals surface area (Å²) in [4.78, 5) is -0.0208. The van der Waals surface area contributed by atoms with Crippen LogP contribution in [0.2, 0.25) is 0 Å². The third-order valence-corrected chi connectivity index (χ3v) is 5.59. The predicted molar refractivity (Wildman–Crippen MR) is 102 cm³/mol. The van der Waals surface area contributed by atoms with Crippen molar-refractivity contribution in [1.82, 2.24) is 9.78 Å². The van der Waals surface area contributed by atoms with E-state index in [4.69, 9.17) is 0 Å². The van der Waals surface area contributed by atoms with Crippen LogP contribution in [0.5, 0.6) is 0 Å². The molecule has 0 amide bonds. The molecule has 0 saturated carbocycles. The first-order valence-corrected chi connectivity index (χ1v) is 9.78. The summed E-state index contributed by atoms with van der Waals surface area (Å²) < 4.78 is 41.8. The van der Waals surface area contributed by atoms with Crippen molar-refractivity contribution in [2.75, 3.05) is 4.72 Å². The Kier molecular flexibility index (Phi) is 4.37. The maximum Gasteiger partial charge on any atom is 0.263 e. The molecule has 0 spiro atoms. The van der Waals surface area contributed by atoms with E-state index < -0.39 is 15.8 Å². The lowest BCUT2D eigenvalue weighted by Gasteiger charge is -2.07. The van der Waals surface area contributed by atoms with Gasteiger partial charge in [0, 0.05) is 12.3 Å². The van der Waals surface area contributed by atoms with Gasteiger partial charge in [0.25, 0.3) is 10.0 Å². The van der Waals surface area contributed by atoms with Crippen LogP contribution >= 0.6 is 0 Å². The second-order valence-corrected chi connectivity index (χ2v) is 7.78. The summed E-state index contributed by atoms with van der Waals surface area (Å²) in [6.45, 7) is 0.514. The Balaban J connectivity index is 1.56. The monoisotopic (exact) mass is 381 g/mol. The van der Waals surface area contributed by atoms with Gasteiger partial charge in [0.05, 0.1) is 11.4 Å². The second kappa shape index (κ2) is 6.85. The van der Waals surface area contributed by atoms with Crippen LogP contribution < -0.4 is 4.72 Å². The molecule has 0 atom stereocenters. The summed E-state index contributed by atoms with van der Waals surface area (Å²) in [5.74, 6) is -0.284. The van der Waals surface area contributed by atoms with Crippen LogP contribution in [0.15, 0.2) is 83.9 Å². The molecule has 0 saturated heterocycles. The van der Waals surface area contributed by atoms with E-state index in [2.05, 4.69) is 9.82 Å². The molecule has 136 valence electrons. The topological polar surface area (TPSA) is 64.0 Å². The van der Waals surface area contributed by atoms with E-state index in [1.54, 1.807) is 16.9 Å². The second-order valence-electron chi connectivity index (χ2n) is 6.10. The van der Waals surface area contributed by atoms with Crippen molar-refractivity contribution in [3.63, 3.8) is 0 Å². The molecular formula is C20H16FN3O2S. The van der Waals surface area contributed by atoms with Crippen LogP contribution in [0.25, 0.3) is 10.8 Å². The minimum Gasteiger partial charge on any atom is -0.266 e. The van der Waals surface area contributed by atoms with Crippen molar-refractivity contribution < 1.29 is 12.8 Å². The van der Waals surface area contributed by atoms with Crippen molar-refractivity contribution in [2.24, 2.45) is 0 Å². The Labute approximate surface area is 156 Å². The number of rotatable bonds is 5. The number of hydrogen-bond donors (Lipinski definition) is 1. The summed E-state index contributed by atoms with van der Waals surface area (Å²) in [7, 11) is -3.82. The van der Waals surface area contributed by atoms with Gasteiger partial charge >= 0.3 is 0 Å². The first-order chi connectivity index (χ1) is 13.0. The van der Waals surface area contributed by atoms with Crippen LogP contribution in [-0.4, -0.2) is 18.2 Å². The van der Waals surface area contributed by atoms with E-state index in [1.165, 1.54) is 12.1 Å². The third-order valence-electron chi connectivity index (χ3n) is 4.22. The van der Waals surface area contributed by atoms with Gasteiger partial charge < -0.3 is 0 Å². The first-order valence-electron chi connectivity index (χ1n) is 8.30. The van der Waals surface area contributed by atoms with E-state index in [9.17, 15) is 12.8 Å². The van der Waals surface area contributed by atoms with Crippen LogP contribution in [0.1, 0.15) is 5.56 Å². The zero-order chi connectivity index (χ0) is 18.9. The summed E-state index contributed by atoms with van der Waals surface area (Å²) >= 11 is 0. The van der Waals surface area contributed by atoms with Crippen molar-refractivity contribution in [2.45, 2.75) is 11.4 Å². The Hall–Kier alpha value is -3.19.